The van der Waals surface area contributed by atoms with Gasteiger partial charge in [0.15, 0.2) is 0 Å². The zero-order valence-electron chi connectivity index (χ0n) is 69.2. The fraction of sp³-hybridized carbons (Fsp3) is 0.357. The summed E-state index contributed by atoms with van der Waals surface area (Å²) in [5.41, 5.74) is -1.18. The molecule has 6 amide bonds. The number of carbonyl (C=O) groups is 6. The Balaban J connectivity index is 0.000000163. The van der Waals surface area contributed by atoms with E-state index in [1.54, 1.807) is 69.5 Å². The van der Waals surface area contributed by atoms with E-state index in [-0.39, 0.29) is 140 Å². The van der Waals surface area contributed by atoms with Crippen molar-refractivity contribution in [2.75, 3.05) is 119 Å². The van der Waals surface area contributed by atoms with E-state index in [9.17, 15) is 77.1 Å². The van der Waals surface area contributed by atoms with Crippen molar-refractivity contribution in [1.29, 1.82) is 0 Å². The highest BCUT2D eigenvalue weighted by Crippen LogP contribution is 2.46. The Labute approximate surface area is 722 Å². The Bertz CT molecular complexity index is 5700. The molecule has 127 heavy (non-hydrogen) atoms. The third kappa shape index (κ3) is 21.0. The lowest BCUT2D eigenvalue weighted by molar-refractivity contribution is -0.140. The average molecular weight is 1800 g/mol. The molecule has 43 heteroatoms. The Kier molecular flexibility index (Phi) is 27.4. The predicted molar refractivity (Wildman–Crippen MR) is 436 cm³/mol. The number of anilines is 6. The molecule has 0 saturated carbocycles. The van der Waals surface area contributed by atoms with Gasteiger partial charge in [0.25, 0.3) is 35.4 Å². The zero-order valence-corrected chi connectivity index (χ0v) is 70.0. The first-order chi connectivity index (χ1) is 60.2. The van der Waals surface area contributed by atoms with Gasteiger partial charge in [-0.15, -0.1) is 0 Å². The van der Waals surface area contributed by atoms with Crippen LogP contribution >= 0.6 is 11.6 Å². The van der Waals surface area contributed by atoms with Gasteiger partial charge in [-0.05, 0) is 131 Å². The van der Waals surface area contributed by atoms with Gasteiger partial charge < -0.3 is 89.7 Å². The molecule has 3 saturated heterocycles. The minimum Gasteiger partial charge on any atom is -0.495 e. The molecule has 0 radical (unpaired) electrons. The molecule has 15 rings (SSSR count). The number of piperidine rings is 3. The van der Waals surface area contributed by atoms with Crippen LogP contribution in [0.25, 0.3) is 0 Å². The number of hydrogen-bond donors (Lipinski definition) is 6. The maximum Gasteiger partial charge on any atom is 0.423 e. The number of aromatic nitrogens is 6. The second-order valence-electron chi connectivity index (χ2n) is 30.6. The van der Waals surface area contributed by atoms with E-state index >= 15 is 4.39 Å². The van der Waals surface area contributed by atoms with E-state index in [0.29, 0.717) is 74.3 Å². The van der Waals surface area contributed by atoms with Crippen molar-refractivity contribution in [2.24, 2.45) is 0 Å². The number of methoxy groups -OCH3 is 3. The number of halogens is 13. The number of likely N-dealkylation sites (tertiary alicyclic amines) is 3. The van der Waals surface area contributed by atoms with Crippen molar-refractivity contribution >= 4 is 82.0 Å². The number of fused-ring (bicyclic) bond motifs is 3. The lowest BCUT2D eigenvalue weighted by Crippen LogP contribution is -2.51. The molecule has 672 valence electrons. The molecule has 6 N–H and O–H groups in total. The van der Waals surface area contributed by atoms with Gasteiger partial charge >= 0.3 is 18.5 Å². The van der Waals surface area contributed by atoms with Crippen LogP contribution in [0.3, 0.4) is 0 Å². The van der Waals surface area contributed by atoms with Crippen LogP contribution in [0.5, 0.6) is 52.1 Å². The van der Waals surface area contributed by atoms with Gasteiger partial charge in [0.2, 0.25) is 35.5 Å². The summed E-state index contributed by atoms with van der Waals surface area (Å²) in [5.74, 6) is -7.26. The topological polar surface area (TPSA) is 327 Å². The van der Waals surface area contributed by atoms with Crippen LogP contribution in [0.2, 0.25) is 5.02 Å². The molecule has 3 aromatic heterocycles. The summed E-state index contributed by atoms with van der Waals surface area (Å²) in [7, 11) is 14.3. The molecule has 3 fully saturated rings. The molecule has 30 nitrogen and oxygen atoms in total. The highest BCUT2D eigenvalue weighted by molar-refractivity contribution is 6.34. The monoisotopic (exact) mass is 1800 g/mol. The Morgan fingerprint density at radius 2 is 0.795 bits per heavy atom. The number of nitrogens with zero attached hydrogens (tertiary/aromatic N) is 12. The SMILES string of the molecule is COc1cc(C(=O)NC2CCN(C)CC2)c(Cl)cc1Nc1ncc(C(F)(F)F)c(Oc2cccc3c2C(=O)N(C)C3)n1.COc1cc(C(=O)N[C@@H]2CCN(C)C[C@@H]2F)ccc1Nc1ncc(C(F)(F)F)c(Oc2cccc3c2C(=O)N(C)C3)n1.COc1cc(C(=O)N[C@H]2CCN(C)C[C@H]2F)c(F)cc1Nc1ncc(C(F)(F)F)c(Oc2cccc3c2C(=O)N(C)C3)n1. The van der Waals surface area contributed by atoms with Crippen LogP contribution in [-0.4, -0.2) is 228 Å². The van der Waals surface area contributed by atoms with Crippen molar-refractivity contribution < 1.29 is 110 Å². The van der Waals surface area contributed by atoms with Crippen molar-refractivity contribution in [3.05, 3.63) is 193 Å². The fourth-order valence-electron chi connectivity index (χ4n) is 14.7. The van der Waals surface area contributed by atoms with E-state index in [0.717, 1.165) is 38.1 Å². The summed E-state index contributed by atoms with van der Waals surface area (Å²) in [6, 6.07) is 21.7. The lowest BCUT2D eigenvalue weighted by Gasteiger charge is -2.32. The first kappa shape index (κ1) is 91.6. The highest BCUT2D eigenvalue weighted by Gasteiger charge is 2.43. The summed E-state index contributed by atoms with van der Waals surface area (Å²) in [6.45, 7) is 4.15. The predicted octanol–water partition coefficient (Wildman–Crippen LogP) is 14.0. The van der Waals surface area contributed by atoms with Crippen LogP contribution in [-0.2, 0) is 38.2 Å². The van der Waals surface area contributed by atoms with Gasteiger partial charge in [0.1, 0.15) is 69.3 Å². The Morgan fingerprint density at radius 3 is 1.19 bits per heavy atom. The number of amides is 6. The third-order valence-electron chi connectivity index (χ3n) is 21.5. The summed E-state index contributed by atoms with van der Waals surface area (Å²) in [6.07, 6.45) is -13.1. The summed E-state index contributed by atoms with van der Waals surface area (Å²) >= 11 is 6.45. The van der Waals surface area contributed by atoms with Crippen molar-refractivity contribution in [1.82, 2.24) is 75.3 Å². The van der Waals surface area contributed by atoms with Crippen LogP contribution in [0.15, 0.2) is 116 Å². The number of alkyl halides is 11. The average Bonchev–Trinajstić information content (AvgIpc) is 1.67. The second-order valence-corrected chi connectivity index (χ2v) is 31.0. The van der Waals surface area contributed by atoms with Gasteiger partial charge in [0, 0.05) is 103 Å². The van der Waals surface area contributed by atoms with E-state index in [2.05, 4.69) is 66.7 Å². The van der Waals surface area contributed by atoms with E-state index in [1.807, 2.05) is 19.0 Å². The molecule has 6 aromatic carbocycles. The number of nitrogens with one attached hydrogen (secondary N) is 6. The van der Waals surface area contributed by atoms with E-state index in [4.69, 9.17) is 40.0 Å². The number of ether oxygens (including phenoxy) is 6. The maximum atomic E-state index is 15.1. The number of rotatable bonds is 21. The van der Waals surface area contributed by atoms with Crippen molar-refractivity contribution in [3.63, 3.8) is 0 Å². The minimum atomic E-state index is -4.90. The quantitative estimate of drug-likeness (QED) is 0.0364. The molecule has 0 aliphatic carbocycles. The van der Waals surface area contributed by atoms with Crippen LogP contribution in [0.4, 0.5) is 87.6 Å². The van der Waals surface area contributed by atoms with Gasteiger partial charge in [-0.25, -0.2) is 28.1 Å². The molecular weight excluding hydrogens is 1720 g/mol. The van der Waals surface area contributed by atoms with Crippen molar-refractivity contribution in [3.8, 4) is 52.1 Å². The number of carbonyl (C=O) groups excluding carboxylic acids is 6. The number of hydrogen-bond acceptors (Lipinski definition) is 24. The fourth-order valence-corrected chi connectivity index (χ4v) is 15.0. The third-order valence-corrected chi connectivity index (χ3v) is 21.8. The summed E-state index contributed by atoms with van der Waals surface area (Å²) < 4.78 is 201. The van der Waals surface area contributed by atoms with Gasteiger partial charge in [-0.1, -0.05) is 48.0 Å². The minimum absolute atomic E-state index is 0.00840. The second kappa shape index (κ2) is 38.0. The van der Waals surface area contributed by atoms with Crippen LogP contribution < -0.4 is 60.3 Å². The Hall–Kier alpha value is -13.1. The normalized spacial score (nSPS) is 17.9. The molecular formula is C84H83ClF12N18O12. The van der Waals surface area contributed by atoms with E-state index < -0.39 is 112 Å². The van der Waals surface area contributed by atoms with E-state index in [1.165, 1.54) is 84.6 Å². The molecule has 0 bridgehead atoms. The lowest BCUT2D eigenvalue weighted by atomic mass is 10.0. The molecule has 9 aromatic rings. The first-order valence-corrected chi connectivity index (χ1v) is 39.6. The molecule has 6 aliphatic rings. The Morgan fingerprint density at radius 1 is 0.433 bits per heavy atom. The summed E-state index contributed by atoms with van der Waals surface area (Å²) in [5, 5.41) is 16.5. The summed E-state index contributed by atoms with van der Waals surface area (Å²) in [4.78, 5) is 110. The molecule has 0 unspecified atom stereocenters. The zero-order chi connectivity index (χ0) is 91.4. The maximum absolute atomic E-state index is 15.1. The van der Waals surface area contributed by atoms with Crippen LogP contribution in [0.1, 0.15) is 121 Å². The standard InChI is InChI=1S/C28H28ClF3N6O4.C28H27F5N6O4.C28H28F4N6O4/c1-37-9-7-16(8-10-37)34-24(39)17-11-22(41-3)20(12-19(17)29)35-27-33-13-18(28(30,31)32)25(36-27)42-21-6-4-5-15-14-38(2)26(40)23(15)21;1-38-8-7-19(18(30)13-38)35-24(40)15-9-22(42-3)20(10-17(15)29)36-27-34-11-16(28(31,32)33)25(37-27)43-21-6-4-5-14-12-39(2)26(41)23(14)21;1-37-10-9-19(18(29)14-37)34-24(39)15-7-8-20(22(11-15)41-3)35-27-33-12-17(28(30,31)32)25(36-27)42-21-6-4-5-16-13-38(2)26(40)23(16)21/h4-6,11-13,16H,7-10,14H2,1-3H3,(H,34,39)(H,33,35,36);4-6,9-11,18-19H,7-8,12-13H2,1-3H3,(H,35,40)(H,34,36,37);4-8,11-12,18-19H,9-10,13-14H2,1-3H3,(H,34,39)(H,33,35,36)/t;2*18-,19+/m.10/s1. The molecule has 9 heterocycles. The molecule has 0 spiro atoms. The van der Waals surface area contributed by atoms with Gasteiger partial charge in [-0.3, -0.25) is 28.8 Å². The number of benzene rings is 6. The van der Waals surface area contributed by atoms with Crippen LogP contribution in [0, 0.1) is 5.82 Å². The van der Waals surface area contributed by atoms with Gasteiger partial charge in [0.05, 0.1) is 83.3 Å². The molecule has 6 aliphatic heterocycles. The molecule has 4 atom stereocenters. The van der Waals surface area contributed by atoms with Gasteiger partial charge in [-0.2, -0.15) is 54.5 Å². The smallest absolute Gasteiger partial charge is 0.423 e. The first-order valence-electron chi connectivity index (χ1n) is 39.2. The highest BCUT2D eigenvalue weighted by atomic mass is 35.5. The largest absolute Gasteiger partial charge is 0.495 e. The van der Waals surface area contributed by atoms with Crippen molar-refractivity contribution in [2.45, 2.75) is 94.3 Å².